The summed E-state index contributed by atoms with van der Waals surface area (Å²) in [4.78, 5) is 11.6. The van der Waals surface area contributed by atoms with Gasteiger partial charge in [0.2, 0.25) is 0 Å². The summed E-state index contributed by atoms with van der Waals surface area (Å²) in [5, 5.41) is 10.2. The van der Waals surface area contributed by atoms with Crippen molar-refractivity contribution in [1.29, 1.82) is 5.26 Å². The Morgan fingerprint density at radius 1 is 1.32 bits per heavy atom. The van der Waals surface area contributed by atoms with Crippen LogP contribution in [0.5, 0.6) is 0 Å². The van der Waals surface area contributed by atoms with Gasteiger partial charge in [-0.1, -0.05) is 19.9 Å². The van der Waals surface area contributed by atoms with Crippen LogP contribution in [0.4, 0.5) is 5.95 Å². The van der Waals surface area contributed by atoms with Crippen LogP contribution in [0.2, 0.25) is 0 Å². The fourth-order valence-corrected chi connectivity index (χ4v) is 3.03. The van der Waals surface area contributed by atoms with Crippen LogP contribution < -0.4 is 34.5 Å². The third-order valence-corrected chi connectivity index (χ3v) is 4.09. The first-order chi connectivity index (χ1) is 11.6. The van der Waals surface area contributed by atoms with E-state index in [1.54, 1.807) is 6.20 Å². The second kappa shape index (κ2) is 8.01. The van der Waals surface area contributed by atoms with Crippen LogP contribution in [0, 0.1) is 24.3 Å². The molecule has 0 spiro atoms. The fraction of sp³-hybridized carbons (Fsp3) is 0.316. The van der Waals surface area contributed by atoms with Crippen molar-refractivity contribution in [3.63, 3.8) is 0 Å². The third kappa shape index (κ3) is 3.43. The molecular formula is C19H20N5Na. The largest absolute Gasteiger partial charge is 1.00 e. The second-order valence-electron chi connectivity index (χ2n) is 5.81. The Balaban J connectivity index is 0.00000225. The van der Waals surface area contributed by atoms with Crippen molar-refractivity contribution < 1.29 is 29.6 Å². The molecule has 0 aliphatic rings. The molecule has 0 unspecified atom stereocenters. The number of anilines is 1. The minimum absolute atomic E-state index is 0. The molecule has 5 nitrogen and oxygen atoms in total. The molecule has 2 heterocycles. The summed E-state index contributed by atoms with van der Waals surface area (Å²) in [5.41, 5.74) is 3.92. The molecule has 0 radical (unpaired) electrons. The van der Waals surface area contributed by atoms with Crippen molar-refractivity contribution in [2.24, 2.45) is 0 Å². The Morgan fingerprint density at radius 3 is 2.68 bits per heavy atom. The maximum Gasteiger partial charge on any atom is 1.00 e. The summed E-state index contributed by atoms with van der Waals surface area (Å²) in [6.07, 6.45) is 5.76. The number of hydrogen-bond donors (Lipinski definition) is 0. The monoisotopic (exact) mass is 341 g/mol. The number of fused-ring (bicyclic) bond motifs is 3. The van der Waals surface area contributed by atoms with Crippen molar-refractivity contribution >= 4 is 22.5 Å². The summed E-state index contributed by atoms with van der Waals surface area (Å²) >= 11 is 0. The van der Waals surface area contributed by atoms with Crippen molar-refractivity contribution in [2.45, 2.75) is 27.2 Å². The van der Waals surface area contributed by atoms with E-state index in [-0.39, 0.29) is 29.6 Å². The van der Waals surface area contributed by atoms with Gasteiger partial charge in [-0.25, -0.2) is 4.98 Å². The Labute approximate surface area is 170 Å². The molecule has 1 aromatic carbocycles. The molecule has 6 heteroatoms. The molecule has 0 fully saturated rings. The number of aromatic nitrogens is 3. The van der Waals surface area contributed by atoms with Crippen molar-refractivity contribution in [3.05, 3.63) is 47.8 Å². The molecular weight excluding hydrogens is 321 g/mol. The third-order valence-electron chi connectivity index (χ3n) is 4.09. The number of nitriles is 1. The van der Waals surface area contributed by atoms with Gasteiger partial charge in [-0.15, -0.1) is 5.56 Å². The maximum atomic E-state index is 9.27. The molecule has 0 bridgehead atoms. The SMILES string of the molecule is C=[C-]c1cc(C)cc2c1nc(N(CC)CCC)n1cc(C#N)nc21.[Na+]. The Morgan fingerprint density at radius 2 is 2.08 bits per heavy atom. The number of aryl methyl sites for hydroxylation is 1. The van der Waals surface area contributed by atoms with Gasteiger partial charge in [0.05, 0.1) is 6.20 Å². The van der Waals surface area contributed by atoms with Crippen molar-refractivity contribution in [3.8, 4) is 6.07 Å². The first kappa shape index (κ1) is 19.5. The van der Waals surface area contributed by atoms with E-state index in [2.05, 4.69) is 42.5 Å². The van der Waals surface area contributed by atoms with Crippen LogP contribution in [0.15, 0.2) is 24.9 Å². The molecule has 2 aromatic heterocycles. The minimum Gasteiger partial charge on any atom is -0.343 e. The number of imidazole rings is 1. The van der Waals surface area contributed by atoms with Crippen molar-refractivity contribution in [2.75, 3.05) is 18.0 Å². The molecule has 0 atom stereocenters. The molecule has 0 amide bonds. The number of benzene rings is 1. The van der Waals surface area contributed by atoms with Gasteiger partial charge in [0.25, 0.3) is 0 Å². The van der Waals surface area contributed by atoms with E-state index in [1.165, 1.54) is 0 Å². The van der Waals surface area contributed by atoms with E-state index in [4.69, 9.17) is 4.98 Å². The molecule has 0 aliphatic heterocycles. The van der Waals surface area contributed by atoms with E-state index in [1.807, 2.05) is 23.5 Å². The van der Waals surface area contributed by atoms with E-state index in [0.717, 1.165) is 53.1 Å². The van der Waals surface area contributed by atoms with Gasteiger partial charge in [0, 0.05) is 13.1 Å². The predicted molar refractivity (Wildman–Crippen MR) is 96.1 cm³/mol. The van der Waals surface area contributed by atoms with Gasteiger partial charge in [-0.2, -0.15) is 29.5 Å². The molecule has 0 aliphatic carbocycles. The smallest absolute Gasteiger partial charge is 0.343 e. The number of nitrogens with zero attached hydrogens (tertiary/aromatic N) is 5. The molecule has 0 saturated heterocycles. The zero-order valence-corrected chi connectivity index (χ0v) is 17.3. The van der Waals surface area contributed by atoms with Crippen LogP contribution in [0.3, 0.4) is 0 Å². The van der Waals surface area contributed by atoms with Gasteiger partial charge < -0.3 is 4.90 Å². The molecule has 25 heavy (non-hydrogen) atoms. The quantitative estimate of drug-likeness (QED) is 0.505. The van der Waals surface area contributed by atoms with Crippen LogP contribution in [0.25, 0.3) is 16.6 Å². The topological polar surface area (TPSA) is 57.2 Å². The Kier molecular flexibility index (Phi) is 6.23. The number of hydrogen-bond acceptors (Lipinski definition) is 4. The van der Waals surface area contributed by atoms with E-state index in [0.29, 0.717) is 5.69 Å². The second-order valence-corrected chi connectivity index (χ2v) is 5.81. The van der Waals surface area contributed by atoms with Gasteiger partial charge in [-0.3, -0.25) is 9.38 Å². The molecule has 3 aromatic rings. The maximum absolute atomic E-state index is 9.27. The van der Waals surface area contributed by atoms with Gasteiger partial charge >= 0.3 is 29.6 Å². The first-order valence-electron chi connectivity index (χ1n) is 8.14. The van der Waals surface area contributed by atoms with E-state index < -0.39 is 0 Å². The summed E-state index contributed by atoms with van der Waals surface area (Å²) in [5.74, 6) is 0.802. The summed E-state index contributed by atoms with van der Waals surface area (Å²) in [6, 6.07) is 6.20. The van der Waals surface area contributed by atoms with Crippen molar-refractivity contribution in [1.82, 2.24) is 14.4 Å². The van der Waals surface area contributed by atoms with Crippen LogP contribution in [0.1, 0.15) is 37.1 Å². The summed E-state index contributed by atoms with van der Waals surface area (Å²) < 4.78 is 1.92. The zero-order chi connectivity index (χ0) is 17.3. The standard InChI is InChI=1S/C19H20N5.Na/c1-5-8-23(7-3)19-22-17-14(6-2)9-13(4)10-16(17)18-21-15(11-20)12-24(18)19;/h9-10,12H,2,5,7-8H2,1,3-4H3;/q-1;+1. The predicted octanol–water partition coefficient (Wildman–Crippen LogP) is 0.640. The molecule has 0 saturated carbocycles. The minimum atomic E-state index is 0. The van der Waals surface area contributed by atoms with Crippen LogP contribution in [-0.2, 0) is 0 Å². The average molecular weight is 341 g/mol. The number of rotatable bonds is 5. The Hall–Kier alpha value is -1.87. The average Bonchev–Trinajstić information content (AvgIpc) is 3.03. The van der Waals surface area contributed by atoms with Crippen LogP contribution in [-0.4, -0.2) is 27.5 Å². The fourth-order valence-electron chi connectivity index (χ4n) is 3.03. The molecule has 0 N–H and O–H groups in total. The van der Waals surface area contributed by atoms with Gasteiger partial charge in [0.15, 0.2) is 11.6 Å². The van der Waals surface area contributed by atoms with Crippen LogP contribution >= 0.6 is 0 Å². The van der Waals surface area contributed by atoms with Gasteiger partial charge in [0.1, 0.15) is 11.7 Å². The normalized spacial score (nSPS) is 10.5. The summed E-state index contributed by atoms with van der Waals surface area (Å²) in [7, 11) is 0. The van der Waals surface area contributed by atoms with E-state index in [9.17, 15) is 5.26 Å². The zero-order valence-electron chi connectivity index (χ0n) is 15.3. The van der Waals surface area contributed by atoms with E-state index >= 15 is 0 Å². The van der Waals surface area contributed by atoms with Gasteiger partial charge in [-0.05, 0) is 24.2 Å². The molecule has 3 rings (SSSR count). The Bertz CT molecular complexity index is 967. The molecule has 122 valence electrons. The summed E-state index contributed by atoms with van der Waals surface area (Å²) in [6.45, 7) is 11.8. The first-order valence-corrected chi connectivity index (χ1v) is 8.14.